The van der Waals surface area contributed by atoms with Crippen molar-refractivity contribution in [3.05, 3.63) is 319 Å². The lowest BCUT2D eigenvalue weighted by molar-refractivity contribution is 0.482. The molecule has 0 bridgehead atoms. The molecule has 3 aliphatic rings. The minimum atomic E-state index is -0.641. The van der Waals surface area contributed by atoms with E-state index in [9.17, 15) is 0 Å². The highest BCUT2D eigenvalue weighted by atomic mass is 14.6. The Morgan fingerprint density at radius 3 is 0.918 bits per heavy atom. The number of benzene rings is 11. The summed E-state index contributed by atoms with van der Waals surface area (Å²) in [5, 5.41) is 0. The van der Waals surface area contributed by atoms with Gasteiger partial charge in [0.2, 0.25) is 0 Å². The standard InChI is InChI=1S/C73H50/c1-5-17-49(18-6-1)53-33-41-57(42-34-53)61-25-13-29-65-66-30-14-26-62(58-43-35-54(36-44-58)50-19-7-2-8-20-50)70(66)73(69(61)65)71-63(59-45-37-55(38-46-59)51-21-9-3-10-22-51)27-15-31-67(71)68-32-16-28-64(72(68)73)60-47-39-56(40-48-60)52-23-11-4-12-24-52/h1-48,65,69H. The first-order chi connectivity index (χ1) is 36.2. The molecule has 3 aliphatic carbocycles. The molecule has 0 fully saturated rings. The van der Waals surface area contributed by atoms with Crippen LogP contribution in [0.5, 0.6) is 0 Å². The monoisotopic (exact) mass is 926 g/mol. The third kappa shape index (κ3) is 6.97. The first-order valence-corrected chi connectivity index (χ1v) is 25.6. The molecule has 73 heavy (non-hydrogen) atoms. The lowest BCUT2D eigenvalue weighted by Crippen LogP contribution is -2.36. The van der Waals surface area contributed by atoms with Crippen molar-refractivity contribution in [3.63, 3.8) is 0 Å². The number of allylic oxidation sites excluding steroid dienone is 4. The largest absolute Gasteiger partial charge is 0.0763 e. The third-order valence-corrected chi connectivity index (χ3v) is 16.0. The van der Waals surface area contributed by atoms with E-state index in [2.05, 4.69) is 291 Å². The Morgan fingerprint density at radius 2 is 0.534 bits per heavy atom. The minimum Gasteiger partial charge on any atom is -0.0763 e. The van der Waals surface area contributed by atoms with E-state index in [4.69, 9.17) is 0 Å². The first-order valence-electron chi connectivity index (χ1n) is 25.6. The van der Waals surface area contributed by atoms with Crippen molar-refractivity contribution in [2.75, 3.05) is 0 Å². The lowest BCUT2D eigenvalue weighted by Gasteiger charge is -2.42. The second-order valence-electron chi connectivity index (χ2n) is 19.8. The summed E-state index contributed by atoms with van der Waals surface area (Å²) in [6.45, 7) is 0. The summed E-state index contributed by atoms with van der Waals surface area (Å²) >= 11 is 0. The van der Waals surface area contributed by atoms with Gasteiger partial charge >= 0.3 is 0 Å². The predicted octanol–water partition coefficient (Wildman–Crippen LogP) is 19.0. The van der Waals surface area contributed by atoms with Crippen molar-refractivity contribution in [2.24, 2.45) is 5.92 Å². The number of hydrogen-bond donors (Lipinski definition) is 0. The highest BCUT2D eigenvalue weighted by Gasteiger charge is 2.61. The van der Waals surface area contributed by atoms with Gasteiger partial charge in [-0.2, -0.15) is 0 Å². The average molecular weight is 927 g/mol. The second-order valence-corrected chi connectivity index (χ2v) is 19.8. The summed E-state index contributed by atoms with van der Waals surface area (Å²) in [6, 6.07) is 102. The maximum Gasteiger partial charge on any atom is 0.0562 e. The van der Waals surface area contributed by atoms with Gasteiger partial charge in [0.05, 0.1) is 5.41 Å². The van der Waals surface area contributed by atoms with E-state index in [1.165, 1.54) is 122 Å². The van der Waals surface area contributed by atoms with E-state index in [1.54, 1.807) is 0 Å². The van der Waals surface area contributed by atoms with Gasteiger partial charge in [0.15, 0.2) is 0 Å². The van der Waals surface area contributed by atoms with Gasteiger partial charge in [-0.05, 0) is 122 Å². The average Bonchev–Trinajstić information content (AvgIpc) is 3.97. The quantitative estimate of drug-likeness (QED) is 0.142. The fraction of sp³-hybridized carbons (Fsp3) is 0.0411. The third-order valence-electron chi connectivity index (χ3n) is 16.0. The van der Waals surface area contributed by atoms with Crippen LogP contribution in [0.25, 0.3) is 94.6 Å². The molecule has 0 radical (unpaired) electrons. The van der Waals surface area contributed by atoms with Crippen molar-refractivity contribution in [1.82, 2.24) is 0 Å². The van der Waals surface area contributed by atoms with Crippen molar-refractivity contribution in [1.29, 1.82) is 0 Å². The zero-order valence-electron chi connectivity index (χ0n) is 40.4. The summed E-state index contributed by atoms with van der Waals surface area (Å²) < 4.78 is 0. The van der Waals surface area contributed by atoms with Crippen LogP contribution in [-0.2, 0) is 5.41 Å². The zero-order valence-corrected chi connectivity index (χ0v) is 40.4. The molecule has 11 aromatic carbocycles. The molecule has 0 heteroatoms. The maximum absolute atomic E-state index is 2.51. The molecule has 11 aromatic rings. The van der Waals surface area contributed by atoms with E-state index < -0.39 is 5.41 Å². The Hall–Kier alpha value is -9.10. The van der Waals surface area contributed by atoms with Gasteiger partial charge in [-0.15, -0.1) is 0 Å². The molecule has 0 saturated carbocycles. The summed E-state index contributed by atoms with van der Waals surface area (Å²) in [5.74, 6) is 0.0995. The van der Waals surface area contributed by atoms with E-state index in [0.717, 1.165) is 0 Å². The number of fused-ring (bicyclic) bond motifs is 10. The normalized spacial score (nSPS) is 15.5. The van der Waals surface area contributed by atoms with Crippen molar-refractivity contribution in [2.45, 2.75) is 11.3 Å². The summed E-state index contributed by atoms with van der Waals surface area (Å²) in [4.78, 5) is 0. The molecule has 342 valence electrons. The Kier molecular flexibility index (Phi) is 10.3. The highest BCUT2D eigenvalue weighted by Crippen LogP contribution is 2.71. The topological polar surface area (TPSA) is 0 Å². The predicted molar refractivity (Wildman–Crippen MR) is 306 cm³/mol. The first kappa shape index (κ1) is 42.8. The van der Waals surface area contributed by atoms with Gasteiger partial charge in [0, 0.05) is 11.8 Å². The van der Waals surface area contributed by atoms with Crippen LogP contribution in [-0.4, -0.2) is 0 Å². The molecular formula is C73H50. The molecule has 0 aliphatic heterocycles. The highest BCUT2D eigenvalue weighted by molar-refractivity contribution is 6.00. The van der Waals surface area contributed by atoms with Gasteiger partial charge < -0.3 is 0 Å². The second kappa shape index (κ2) is 17.6. The summed E-state index contributed by atoms with van der Waals surface area (Å²) in [7, 11) is 0. The van der Waals surface area contributed by atoms with Gasteiger partial charge in [0.1, 0.15) is 0 Å². The van der Waals surface area contributed by atoms with Gasteiger partial charge in [-0.1, -0.05) is 291 Å². The molecule has 1 spiro atoms. The van der Waals surface area contributed by atoms with Crippen LogP contribution >= 0.6 is 0 Å². The maximum atomic E-state index is 2.51. The molecule has 0 N–H and O–H groups in total. The Balaban J connectivity index is 1.06. The zero-order chi connectivity index (χ0) is 48.3. The van der Waals surface area contributed by atoms with E-state index in [0.29, 0.717) is 0 Å². The van der Waals surface area contributed by atoms with E-state index >= 15 is 0 Å². The molecule has 0 saturated heterocycles. The minimum absolute atomic E-state index is 0.00861. The van der Waals surface area contributed by atoms with Crippen molar-refractivity contribution >= 4 is 5.57 Å². The van der Waals surface area contributed by atoms with Gasteiger partial charge in [-0.25, -0.2) is 0 Å². The molecule has 0 aromatic heterocycles. The SMILES string of the molecule is C1=CC2c3cccc(-c4ccc(-c5ccccc5)cc4)c3C3(c4c(-c5ccc(-c6ccccc6)cc5)cccc4-c4cccc(-c5ccc(-c6ccccc6)cc5)c43)C2C(c2ccc(-c3ccccc3)cc2)=C1. The fourth-order valence-electron chi connectivity index (χ4n) is 12.9. The van der Waals surface area contributed by atoms with Crippen LogP contribution in [0.4, 0.5) is 0 Å². The number of hydrogen-bond acceptors (Lipinski definition) is 0. The molecule has 0 nitrogen and oxygen atoms in total. The van der Waals surface area contributed by atoms with Crippen LogP contribution in [0.2, 0.25) is 0 Å². The Labute approximate surface area is 428 Å². The van der Waals surface area contributed by atoms with E-state index in [1.807, 2.05) is 0 Å². The molecule has 14 rings (SSSR count). The Morgan fingerprint density at radius 1 is 0.233 bits per heavy atom. The Bertz CT molecular complexity index is 3750. The van der Waals surface area contributed by atoms with Crippen LogP contribution in [0.3, 0.4) is 0 Å². The molecule has 0 amide bonds. The van der Waals surface area contributed by atoms with Crippen LogP contribution in [0.1, 0.15) is 33.7 Å². The van der Waals surface area contributed by atoms with Crippen LogP contribution in [0, 0.1) is 5.92 Å². The van der Waals surface area contributed by atoms with Crippen LogP contribution < -0.4 is 0 Å². The molecule has 0 heterocycles. The fourth-order valence-corrected chi connectivity index (χ4v) is 12.9. The smallest absolute Gasteiger partial charge is 0.0562 e. The number of rotatable bonds is 8. The summed E-state index contributed by atoms with van der Waals surface area (Å²) in [6.07, 6.45) is 7.28. The van der Waals surface area contributed by atoms with Crippen LogP contribution in [0.15, 0.2) is 291 Å². The van der Waals surface area contributed by atoms with Gasteiger partial charge in [0.25, 0.3) is 0 Å². The molecule has 2 atom stereocenters. The molecule has 2 unspecified atom stereocenters. The van der Waals surface area contributed by atoms with Crippen molar-refractivity contribution in [3.8, 4) is 89.0 Å². The van der Waals surface area contributed by atoms with Crippen molar-refractivity contribution < 1.29 is 0 Å². The lowest BCUT2D eigenvalue weighted by atomic mass is 9.59. The summed E-state index contributed by atoms with van der Waals surface area (Å²) in [5.41, 5.74) is 27.4. The molecular weight excluding hydrogens is 877 g/mol. The van der Waals surface area contributed by atoms with Gasteiger partial charge in [-0.3, -0.25) is 0 Å². The van der Waals surface area contributed by atoms with E-state index in [-0.39, 0.29) is 11.8 Å².